The average molecular weight is 486 g/mol. The maximum atomic E-state index is 14.0. The predicted molar refractivity (Wildman–Crippen MR) is 129 cm³/mol. The number of allylic oxidation sites excluding steroid dienone is 1. The highest BCUT2D eigenvalue weighted by Gasteiger charge is 2.54. The van der Waals surface area contributed by atoms with E-state index in [1.807, 2.05) is 44.2 Å². The molecule has 0 radical (unpaired) electrons. The van der Waals surface area contributed by atoms with Crippen LogP contribution >= 0.6 is 0 Å². The van der Waals surface area contributed by atoms with Gasteiger partial charge in [-0.3, -0.25) is 9.59 Å². The molecule has 190 valence electrons. The second kappa shape index (κ2) is 11.6. The van der Waals surface area contributed by atoms with Crippen LogP contribution < -0.4 is 0 Å². The maximum absolute atomic E-state index is 14.0. The minimum Gasteiger partial charge on any atom is -0.482 e. The first-order valence-electron chi connectivity index (χ1n) is 12.0. The molecule has 3 atom stereocenters. The number of aliphatic hydroxyl groups is 1. The summed E-state index contributed by atoms with van der Waals surface area (Å²) in [6, 6.07) is 8.88. The number of carbonyl (C=O) groups is 3. The van der Waals surface area contributed by atoms with E-state index in [0.717, 1.165) is 5.56 Å². The van der Waals surface area contributed by atoms with Crippen LogP contribution in [0.15, 0.2) is 54.3 Å². The van der Waals surface area contributed by atoms with Gasteiger partial charge in [-0.15, -0.1) is 0 Å². The van der Waals surface area contributed by atoms with Crippen molar-refractivity contribution in [3.05, 3.63) is 59.9 Å². The monoisotopic (exact) mass is 485 g/mol. The van der Waals surface area contributed by atoms with Gasteiger partial charge >= 0.3 is 6.09 Å². The summed E-state index contributed by atoms with van der Waals surface area (Å²) in [5, 5.41) is 8.82. The molecule has 2 aliphatic heterocycles. The Balaban J connectivity index is 1.90. The van der Waals surface area contributed by atoms with E-state index < -0.39 is 35.7 Å². The number of benzene rings is 1. The fraction of sp³-hybridized carbons (Fsp3) is 0.519. The van der Waals surface area contributed by atoms with Crippen LogP contribution in [0.2, 0.25) is 0 Å². The summed E-state index contributed by atoms with van der Waals surface area (Å²) in [4.78, 5) is 40.9. The third-order valence-electron chi connectivity index (χ3n) is 6.19. The number of carbonyl (C=O) groups excluding carboxylic acids is 3. The van der Waals surface area contributed by atoms with Crippen LogP contribution in [0, 0.1) is 11.8 Å². The first kappa shape index (κ1) is 26.6. The molecule has 2 heterocycles. The van der Waals surface area contributed by atoms with Crippen molar-refractivity contribution in [3.63, 3.8) is 0 Å². The predicted octanol–water partition coefficient (Wildman–Crippen LogP) is 3.43. The Kier molecular flexibility index (Phi) is 8.86. The lowest BCUT2D eigenvalue weighted by Crippen LogP contribution is -2.53. The molecule has 1 saturated heterocycles. The zero-order valence-corrected chi connectivity index (χ0v) is 20.8. The second-order valence-electron chi connectivity index (χ2n) is 9.67. The molecule has 8 heteroatoms. The number of amides is 2. The molecule has 35 heavy (non-hydrogen) atoms. The summed E-state index contributed by atoms with van der Waals surface area (Å²) in [6.07, 6.45) is 3.72. The smallest absolute Gasteiger partial charge is 0.417 e. The highest BCUT2D eigenvalue weighted by atomic mass is 16.6. The molecule has 8 nitrogen and oxygen atoms in total. The lowest BCUT2D eigenvalue weighted by atomic mass is 9.85. The highest BCUT2D eigenvalue weighted by molar-refractivity contribution is 6.02. The molecule has 1 aromatic carbocycles. The van der Waals surface area contributed by atoms with Gasteiger partial charge in [-0.25, -0.2) is 9.69 Å². The minimum absolute atomic E-state index is 0.0463. The largest absolute Gasteiger partial charge is 0.482 e. The van der Waals surface area contributed by atoms with Gasteiger partial charge in [-0.1, -0.05) is 44.2 Å². The first-order valence-corrected chi connectivity index (χ1v) is 12.0. The van der Waals surface area contributed by atoms with Gasteiger partial charge < -0.3 is 19.3 Å². The number of hydrogen-bond acceptors (Lipinski definition) is 7. The summed E-state index contributed by atoms with van der Waals surface area (Å²) in [5.41, 5.74) is 0.00230. The third kappa shape index (κ3) is 6.38. The quantitative estimate of drug-likeness (QED) is 0.507. The molecular formula is C27H35NO7. The Morgan fingerprint density at radius 3 is 2.54 bits per heavy atom. The molecule has 0 aliphatic carbocycles. The van der Waals surface area contributed by atoms with Crippen LogP contribution in [-0.2, 0) is 30.2 Å². The van der Waals surface area contributed by atoms with Crippen LogP contribution in [0.3, 0.4) is 0 Å². The van der Waals surface area contributed by atoms with Crippen LogP contribution in [0.5, 0.6) is 0 Å². The van der Waals surface area contributed by atoms with Crippen LogP contribution in [0.1, 0.15) is 39.7 Å². The molecule has 1 N–H and O–H groups in total. The normalized spacial score (nSPS) is 23.5. The number of imide groups is 1. The summed E-state index contributed by atoms with van der Waals surface area (Å²) in [7, 11) is 0. The van der Waals surface area contributed by atoms with Gasteiger partial charge in [0.05, 0.1) is 31.8 Å². The zero-order chi connectivity index (χ0) is 25.6. The molecule has 0 bridgehead atoms. The van der Waals surface area contributed by atoms with E-state index in [1.165, 1.54) is 11.0 Å². The van der Waals surface area contributed by atoms with E-state index in [0.29, 0.717) is 18.8 Å². The van der Waals surface area contributed by atoms with Crippen molar-refractivity contribution in [2.45, 2.75) is 58.3 Å². The minimum atomic E-state index is -1.08. The van der Waals surface area contributed by atoms with Crippen LogP contribution in [-0.4, -0.2) is 65.4 Å². The number of cyclic esters (lactones) is 1. The van der Waals surface area contributed by atoms with Crippen molar-refractivity contribution >= 4 is 17.8 Å². The number of aliphatic hydroxyl groups excluding tert-OH is 1. The van der Waals surface area contributed by atoms with Crippen molar-refractivity contribution in [1.29, 1.82) is 0 Å². The highest BCUT2D eigenvalue weighted by Crippen LogP contribution is 2.36. The number of ether oxygens (including phenoxy) is 3. The summed E-state index contributed by atoms with van der Waals surface area (Å²) in [5.74, 6) is -1.33. The van der Waals surface area contributed by atoms with Gasteiger partial charge in [0, 0.05) is 0 Å². The molecule has 2 amide bonds. The van der Waals surface area contributed by atoms with Gasteiger partial charge in [-0.2, -0.15) is 0 Å². The summed E-state index contributed by atoms with van der Waals surface area (Å²) < 4.78 is 16.9. The van der Waals surface area contributed by atoms with E-state index in [4.69, 9.17) is 19.3 Å². The fourth-order valence-electron chi connectivity index (χ4n) is 4.81. The first-order chi connectivity index (χ1) is 16.7. The lowest BCUT2D eigenvalue weighted by Gasteiger charge is -2.35. The topological polar surface area (TPSA) is 102 Å². The number of rotatable bonds is 10. The summed E-state index contributed by atoms with van der Waals surface area (Å²) >= 11 is 0. The van der Waals surface area contributed by atoms with E-state index in [1.54, 1.807) is 26.0 Å². The van der Waals surface area contributed by atoms with Crippen LogP contribution in [0.25, 0.3) is 0 Å². The Bertz CT molecular complexity index is 967. The number of hydrogen-bond donors (Lipinski definition) is 1. The molecule has 2 aliphatic rings. The van der Waals surface area contributed by atoms with E-state index in [-0.39, 0.29) is 31.3 Å². The SMILES string of the molecule is CC(C)[C@@H]1N(C(=O)[C@@H](Cc2ccccc2)[C@@H]2OC(=CCCOCCO)C=CC2=O)C(=O)OC1(C)C. The maximum Gasteiger partial charge on any atom is 0.417 e. The van der Waals surface area contributed by atoms with Crippen LogP contribution in [0.4, 0.5) is 4.79 Å². The van der Waals surface area contributed by atoms with Crippen molar-refractivity contribution in [1.82, 2.24) is 4.90 Å². The Hall–Kier alpha value is -2.97. The van der Waals surface area contributed by atoms with E-state index in [9.17, 15) is 14.4 Å². The fourth-order valence-corrected chi connectivity index (χ4v) is 4.81. The van der Waals surface area contributed by atoms with Gasteiger partial charge in [0.15, 0.2) is 11.9 Å². The van der Waals surface area contributed by atoms with Crippen molar-refractivity contribution in [2.24, 2.45) is 11.8 Å². The van der Waals surface area contributed by atoms with Crippen molar-refractivity contribution in [2.75, 3.05) is 19.8 Å². The third-order valence-corrected chi connectivity index (χ3v) is 6.19. The molecule has 1 fully saturated rings. The van der Waals surface area contributed by atoms with Gasteiger partial charge in [0.1, 0.15) is 11.4 Å². The Morgan fingerprint density at radius 2 is 1.89 bits per heavy atom. The zero-order valence-electron chi connectivity index (χ0n) is 20.8. The molecule has 0 saturated carbocycles. The van der Waals surface area contributed by atoms with E-state index in [2.05, 4.69) is 0 Å². The molecule has 0 spiro atoms. The molecule has 3 rings (SSSR count). The molecular weight excluding hydrogens is 450 g/mol. The van der Waals surface area contributed by atoms with E-state index >= 15 is 0 Å². The lowest BCUT2D eigenvalue weighted by molar-refractivity contribution is -0.144. The Morgan fingerprint density at radius 1 is 1.17 bits per heavy atom. The van der Waals surface area contributed by atoms with Gasteiger partial charge in [-0.05, 0) is 56.4 Å². The second-order valence-corrected chi connectivity index (χ2v) is 9.67. The Labute approximate surface area is 206 Å². The molecule has 0 aromatic heterocycles. The van der Waals surface area contributed by atoms with Gasteiger partial charge in [0.2, 0.25) is 5.91 Å². The summed E-state index contributed by atoms with van der Waals surface area (Å²) in [6.45, 7) is 8.03. The molecule has 0 unspecified atom stereocenters. The number of ketones is 1. The average Bonchev–Trinajstić information content (AvgIpc) is 3.07. The number of nitrogens with zero attached hydrogens (tertiary/aromatic N) is 1. The molecule has 1 aromatic rings. The van der Waals surface area contributed by atoms with Crippen molar-refractivity contribution < 1.29 is 33.7 Å². The van der Waals surface area contributed by atoms with Crippen molar-refractivity contribution in [3.8, 4) is 0 Å². The standard InChI is InChI=1S/C27H35NO7/c1-18(2)24-27(3,4)35-26(32)28(24)25(31)21(17-19-9-6-5-7-10-19)23-22(30)13-12-20(34-23)11-8-15-33-16-14-29/h5-7,9-13,18,21,23-24,29H,8,14-17H2,1-4H3/t21-,23-,24-/m0/s1. The van der Waals surface area contributed by atoms with Gasteiger partial charge in [0.25, 0.3) is 0 Å².